The van der Waals surface area contributed by atoms with Crippen LogP contribution >= 0.6 is 11.6 Å². The van der Waals surface area contributed by atoms with Gasteiger partial charge in [-0.1, -0.05) is 23.6 Å². The molecule has 4 heterocycles. The van der Waals surface area contributed by atoms with E-state index in [0.29, 0.717) is 17.0 Å². The minimum Gasteiger partial charge on any atom is -0.379 e. The molecule has 1 unspecified atom stereocenters. The number of halogens is 11. The SMILES string of the molecule is CC(C)(C#Cc1ccc(-c2ccc(Cl)c3c(N(C(=O)CN4CCOCC4)S(C)(=O)=O)nn(CC(F)(F)F)c23)c(C(Cc2cc(F)cc(F)c2)NC(=O)Cn2nc(C(F)(F)F)c3c2C(F)(F)[C@@H]2C[C@H]32)n1)S(C)(=O)=O. The first-order chi connectivity index (χ1) is 33.7. The summed E-state index contributed by atoms with van der Waals surface area (Å²) in [4.78, 5) is 34.2. The number of carbonyl (C=O) groups excluding carboxylic acids is 2. The molecule has 3 aromatic heterocycles. The summed E-state index contributed by atoms with van der Waals surface area (Å²) in [6.07, 6.45) is -9.78. The Morgan fingerprint density at radius 2 is 1.58 bits per heavy atom. The molecule has 0 spiro atoms. The Morgan fingerprint density at radius 1 is 0.932 bits per heavy atom. The largest absolute Gasteiger partial charge is 0.435 e. The molecule has 2 aliphatic carbocycles. The summed E-state index contributed by atoms with van der Waals surface area (Å²) in [5.74, 6) is -6.96. The molecule has 0 radical (unpaired) electrons. The van der Waals surface area contributed by atoms with Crippen molar-refractivity contribution in [1.82, 2.24) is 34.8 Å². The number of hydrogen-bond donors (Lipinski definition) is 1. The number of hydrogen-bond acceptors (Lipinski definition) is 11. The number of rotatable bonds is 13. The second kappa shape index (κ2) is 18.8. The van der Waals surface area contributed by atoms with E-state index < -0.39 is 155 Å². The molecule has 2 aromatic carbocycles. The Labute approximate surface area is 414 Å². The van der Waals surface area contributed by atoms with Gasteiger partial charge in [-0.05, 0) is 74.4 Å². The number of benzene rings is 2. The lowest BCUT2D eigenvalue weighted by Gasteiger charge is -2.28. The number of carbonyl (C=O) groups is 2. The molecule has 3 atom stereocenters. The van der Waals surface area contributed by atoms with Crippen LogP contribution in [0.25, 0.3) is 22.0 Å². The zero-order valence-corrected chi connectivity index (χ0v) is 41.0. The predicted octanol–water partition coefficient (Wildman–Crippen LogP) is 6.92. The van der Waals surface area contributed by atoms with Gasteiger partial charge in [-0.3, -0.25) is 23.9 Å². The van der Waals surface area contributed by atoms with Crippen LogP contribution in [-0.4, -0.2) is 114 Å². The molecular weight excluding hydrogens is 1050 g/mol. The number of alkyl halides is 8. The molecule has 1 N–H and O–H groups in total. The van der Waals surface area contributed by atoms with Gasteiger partial charge < -0.3 is 10.1 Å². The summed E-state index contributed by atoms with van der Waals surface area (Å²) in [5, 5.41) is 8.91. The Hall–Kier alpha value is -5.82. The zero-order valence-electron chi connectivity index (χ0n) is 38.6. The fourth-order valence-electron chi connectivity index (χ4n) is 8.87. The van der Waals surface area contributed by atoms with E-state index in [-0.39, 0.29) is 64.1 Å². The first-order valence-electron chi connectivity index (χ1n) is 21.9. The van der Waals surface area contributed by atoms with Gasteiger partial charge in [0.25, 0.3) is 11.8 Å². The molecule has 1 aliphatic heterocycles. The summed E-state index contributed by atoms with van der Waals surface area (Å²) in [6.45, 7) is -0.567. The van der Waals surface area contributed by atoms with Crippen LogP contribution in [0.5, 0.6) is 0 Å². The highest BCUT2D eigenvalue weighted by atomic mass is 35.5. The average molecular weight is 1100 g/mol. The number of sulfonamides is 1. The summed E-state index contributed by atoms with van der Waals surface area (Å²) in [6, 6.07) is 4.96. The molecule has 2 fully saturated rings. The summed E-state index contributed by atoms with van der Waals surface area (Å²) < 4.78 is 204. The minimum atomic E-state index is -5.22. The van der Waals surface area contributed by atoms with Crippen molar-refractivity contribution in [3.05, 3.63) is 93.0 Å². The molecule has 392 valence electrons. The monoisotopic (exact) mass is 1090 g/mol. The van der Waals surface area contributed by atoms with E-state index in [1.807, 2.05) is 0 Å². The van der Waals surface area contributed by atoms with Gasteiger partial charge in [-0.25, -0.2) is 30.6 Å². The van der Waals surface area contributed by atoms with Crippen molar-refractivity contribution in [3.8, 4) is 23.0 Å². The smallest absolute Gasteiger partial charge is 0.379 e. The second-order valence-electron chi connectivity index (χ2n) is 18.3. The van der Waals surface area contributed by atoms with Crippen LogP contribution in [0.1, 0.15) is 66.1 Å². The maximum Gasteiger partial charge on any atom is 0.435 e. The topological polar surface area (TPSA) is 179 Å². The zero-order chi connectivity index (χ0) is 53.5. The summed E-state index contributed by atoms with van der Waals surface area (Å²) in [5.41, 5.74) is -5.68. The normalized spacial score (nSPS) is 18.5. The van der Waals surface area contributed by atoms with Crippen molar-refractivity contribution >= 4 is 60.0 Å². The van der Waals surface area contributed by atoms with Crippen molar-refractivity contribution < 1.29 is 75.1 Å². The highest BCUT2D eigenvalue weighted by Crippen LogP contribution is 2.68. The highest BCUT2D eigenvalue weighted by Gasteiger charge is 2.68. The highest BCUT2D eigenvalue weighted by molar-refractivity contribution is 7.93. The van der Waals surface area contributed by atoms with E-state index in [1.54, 1.807) is 0 Å². The Morgan fingerprint density at radius 3 is 2.18 bits per heavy atom. The average Bonchev–Trinajstić information content (AvgIpc) is 3.77. The number of anilines is 1. The third kappa shape index (κ3) is 10.9. The summed E-state index contributed by atoms with van der Waals surface area (Å²) >= 11 is 6.69. The Balaban J connectivity index is 1.35. The number of amides is 2. The van der Waals surface area contributed by atoms with Crippen molar-refractivity contribution in [2.45, 2.75) is 74.8 Å². The van der Waals surface area contributed by atoms with Gasteiger partial charge in [0, 0.05) is 48.0 Å². The molecule has 5 aromatic rings. The van der Waals surface area contributed by atoms with Crippen molar-refractivity contribution in [3.63, 3.8) is 0 Å². The van der Waals surface area contributed by atoms with E-state index >= 15 is 8.78 Å². The van der Waals surface area contributed by atoms with Gasteiger partial charge in [0.1, 0.15) is 40.9 Å². The number of nitrogens with zero attached hydrogens (tertiary/aromatic N) is 7. The number of nitrogens with one attached hydrogen (secondary N) is 1. The number of fused-ring (bicyclic) bond motifs is 4. The molecule has 15 nitrogen and oxygen atoms in total. The lowest BCUT2D eigenvalue weighted by atomic mass is 9.93. The molecule has 1 saturated carbocycles. The van der Waals surface area contributed by atoms with E-state index in [4.69, 9.17) is 16.3 Å². The van der Waals surface area contributed by atoms with Gasteiger partial charge >= 0.3 is 12.4 Å². The predicted molar refractivity (Wildman–Crippen MR) is 242 cm³/mol. The Bertz CT molecular complexity index is 3340. The first kappa shape index (κ1) is 53.5. The van der Waals surface area contributed by atoms with E-state index in [2.05, 4.69) is 32.3 Å². The van der Waals surface area contributed by atoms with Crippen molar-refractivity contribution in [2.24, 2.45) is 5.92 Å². The first-order valence-corrected chi connectivity index (χ1v) is 26.0. The lowest BCUT2D eigenvalue weighted by Crippen LogP contribution is -2.46. The van der Waals surface area contributed by atoms with Crippen LogP contribution in [0.3, 0.4) is 0 Å². The van der Waals surface area contributed by atoms with Gasteiger partial charge in [0.2, 0.25) is 15.9 Å². The lowest BCUT2D eigenvalue weighted by molar-refractivity contribution is -0.143. The van der Waals surface area contributed by atoms with Crippen LogP contribution in [-0.2, 0) is 65.8 Å². The maximum absolute atomic E-state index is 15.6. The molecule has 3 aliphatic rings. The van der Waals surface area contributed by atoms with Gasteiger partial charge in [-0.2, -0.15) is 49.6 Å². The van der Waals surface area contributed by atoms with E-state index in [0.717, 1.165) is 30.5 Å². The third-order valence-corrected chi connectivity index (χ3v) is 15.8. The standard InChI is InChI=1S/C45H41ClF10N8O7S2/c1-42(2,72(3,67)68)10-9-26-5-6-27(28-7-8-31(46)36-38(28)63(22-43(49,50)51)60-41(36)64(73(4,69)70)34(66)21-61-11-13-71-14-12-61)37(57-26)32(17-23-15-24(47)18-25(48)16-23)58-33(65)20-62-40-35(39(59-62)45(54,55)56)29-19-30(29)44(40,52)53/h5-8,15-16,18,29-30,32H,11-14,17,19-22H2,1-4H3,(H,58,65)/t29-,30+,32?/m0/s1. The maximum atomic E-state index is 15.6. The third-order valence-electron chi connectivity index (χ3n) is 12.5. The molecule has 2 amide bonds. The quantitative estimate of drug-likeness (QED) is 0.0957. The van der Waals surface area contributed by atoms with Crippen LogP contribution in [0.4, 0.5) is 49.7 Å². The number of morpholine rings is 1. The molecule has 8 rings (SSSR count). The molecule has 73 heavy (non-hydrogen) atoms. The number of sulfone groups is 1. The van der Waals surface area contributed by atoms with Gasteiger partial charge in [0.15, 0.2) is 21.3 Å². The fourth-order valence-corrected chi connectivity index (χ4v) is 10.2. The number of pyridine rings is 1. The van der Waals surface area contributed by atoms with Crippen LogP contribution in [0, 0.1) is 29.4 Å². The molecule has 0 bridgehead atoms. The molecule has 28 heteroatoms. The minimum absolute atomic E-state index is 0.178. The van der Waals surface area contributed by atoms with E-state index in [9.17, 15) is 61.5 Å². The van der Waals surface area contributed by atoms with Crippen LogP contribution in [0.15, 0.2) is 42.5 Å². The van der Waals surface area contributed by atoms with Crippen molar-refractivity contribution in [2.75, 3.05) is 49.7 Å². The molecular formula is C45H41ClF10N8O7S2. The number of aromatic nitrogens is 5. The van der Waals surface area contributed by atoms with Crippen LogP contribution < -0.4 is 9.62 Å². The fraction of sp³-hybridized carbons (Fsp3) is 0.444. The number of ether oxygens (including phenoxy) is 1. The van der Waals surface area contributed by atoms with Crippen LogP contribution in [0.2, 0.25) is 5.02 Å². The van der Waals surface area contributed by atoms with E-state index in [1.165, 1.54) is 30.9 Å². The Kier molecular flexibility index (Phi) is 13.8. The molecule has 1 saturated heterocycles. The second-order valence-corrected chi connectivity index (χ2v) is 23.1. The van der Waals surface area contributed by atoms with Crippen molar-refractivity contribution in [1.29, 1.82) is 0 Å². The van der Waals surface area contributed by atoms with Gasteiger partial charge in [0.05, 0.1) is 53.7 Å². The van der Waals surface area contributed by atoms with Gasteiger partial charge in [-0.15, -0.1) is 0 Å². The summed E-state index contributed by atoms with van der Waals surface area (Å²) in [7, 11) is -8.62.